The van der Waals surface area contributed by atoms with E-state index in [-0.39, 0.29) is 12.3 Å². The van der Waals surface area contributed by atoms with Crippen molar-refractivity contribution in [2.45, 2.75) is 39.0 Å². The maximum Gasteiger partial charge on any atom is 0.253 e. The molecule has 0 aromatic carbocycles. The molecule has 0 aliphatic carbocycles. The highest BCUT2D eigenvalue weighted by atomic mass is 32.1. The van der Waals surface area contributed by atoms with Crippen molar-refractivity contribution in [3.8, 4) is 5.88 Å². The summed E-state index contributed by atoms with van der Waals surface area (Å²) in [5, 5.41) is 0. The van der Waals surface area contributed by atoms with E-state index in [4.69, 9.17) is 10.2 Å². The van der Waals surface area contributed by atoms with Crippen molar-refractivity contribution in [2.24, 2.45) is 0 Å². The lowest BCUT2D eigenvalue weighted by Crippen LogP contribution is -2.25. The molecular weight excluding hydrogens is 258 g/mol. The van der Waals surface area contributed by atoms with E-state index >= 15 is 0 Å². The quantitative estimate of drug-likeness (QED) is 0.721. The van der Waals surface area contributed by atoms with Gasteiger partial charge in [-0.25, -0.2) is 0 Å². The first-order valence-electron chi connectivity index (χ1n) is 8.67. The van der Waals surface area contributed by atoms with Crippen LogP contribution < -0.4 is 4.74 Å². The third kappa shape index (κ3) is 4.28. The molecule has 1 aliphatic rings. The fourth-order valence-electron chi connectivity index (χ4n) is 1.88. The maximum atomic E-state index is 7.99. The SMILES string of the molecule is [2H]C([2H])(CCCCC)Oc1nsnc1C1=CCC([2H])([2H])N(C)C1. The summed E-state index contributed by atoms with van der Waals surface area (Å²) < 4.78 is 45.5. The van der Waals surface area contributed by atoms with Gasteiger partial charge in [-0.05, 0) is 25.5 Å². The lowest BCUT2D eigenvalue weighted by atomic mass is 10.1. The number of aromatic nitrogens is 2. The molecule has 2 rings (SSSR count). The molecule has 0 atom stereocenters. The summed E-state index contributed by atoms with van der Waals surface area (Å²) in [6.45, 7) is -0.671. The summed E-state index contributed by atoms with van der Waals surface area (Å²) in [5.74, 6) is 0.207. The molecule has 0 spiro atoms. The highest BCUT2D eigenvalue weighted by molar-refractivity contribution is 6.99. The van der Waals surface area contributed by atoms with Crippen LogP contribution in [-0.2, 0) is 0 Å². The molecular formula is C14H23N3OS. The zero-order valence-electron chi connectivity index (χ0n) is 15.5. The predicted octanol–water partition coefficient (Wildman–Crippen LogP) is 3.22. The Morgan fingerprint density at radius 2 is 2.37 bits per heavy atom. The first-order valence-corrected chi connectivity index (χ1v) is 7.40. The van der Waals surface area contributed by atoms with Gasteiger partial charge in [-0.2, -0.15) is 4.37 Å². The van der Waals surface area contributed by atoms with Gasteiger partial charge in [-0.3, -0.25) is 0 Å². The Kier molecular flexibility index (Phi) is 3.95. The Hall–Kier alpha value is -0.940. The standard InChI is InChI=1S/C14H23N3OS/c1-3-4-5-6-10-18-14-13(15-19-16-14)12-8-7-9-17(2)11-12/h8H,3-7,9-11H2,1-2H3/i9D2,10D2. The van der Waals surface area contributed by atoms with E-state index in [0.29, 0.717) is 18.7 Å². The normalized spacial score (nSPS) is 22.9. The van der Waals surface area contributed by atoms with Crippen LogP contribution in [0.15, 0.2) is 6.08 Å². The molecule has 1 aromatic rings. The monoisotopic (exact) mass is 285 g/mol. The Balaban J connectivity index is 2.10. The number of likely N-dealkylation sites (N-methyl/N-ethyl adjacent to an activating group) is 1. The fourth-order valence-corrected chi connectivity index (χ4v) is 2.40. The molecule has 2 heterocycles. The molecule has 0 N–H and O–H groups in total. The lowest BCUT2D eigenvalue weighted by molar-refractivity contribution is 0.294. The topological polar surface area (TPSA) is 38.3 Å². The summed E-state index contributed by atoms with van der Waals surface area (Å²) in [5.41, 5.74) is 1.35. The van der Waals surface area contributed by atoms with Gasteiger partial charge in [-0.1, -0.05) is 32.3 Å². The van der Waals surface area contributed by atoms with E-state index in [0.717, 1.165) is 36.6 Å². The third-order valence-corrected chi connectivity index (χ3v) is 3.44. The van der Waals surface area contributed by atoms with Crippen LogP contribution in [0.25, 0.3) is 5.57 Å². The number of rotatable bonds is 7. The third-order valence-electron chi connectivity index (χ3n) is 2.93. The minimum absolute atomic E-state index is 0.207. The molecule has 0 bridgehead atoms. The number of hydrogen-bond acceptors (Lipinski definition) is 5. The second-order valence-corrected chi connectivity index (χ2v) is 5.10. The summed E-state index contributed by atoms with van der Waals surface area (Å²) in [6.07, 6.45) is 5.15. The van der Waals surface area contributed by atoms with Crippen molar-refractivity contribution in [1.29, 1.82) is 0 Å². The van der Waals surface area contributed by atoms with Gasteiger partial charge < -0.3 is 9.64 Å². The highest BCUT2D eigenvalue weighted by Gasteiger charge is 2.18. The van der Waals surface area contributed by atoms with Crippen molar-refractivity contribution in [2.75, 3.05) is 26.6 Å². The van der Waals surface area contributed by atoms with Crippen LogP contribution in [0.4, 0.5) is 0 Å². The molecule has 4 nitrogen and oxygen atoms in total. The molecule has 0 fully saturated rings. The number of unbranched alkanes of at least 4 members (excludes halogenated alkanes) is 2. The van der Waals surface area contributed by atoms with Gasteiger partial charge in [-0.15, -0.1) is 4.37 Å². The Morgan fingerprint density at radius 1 is 1.47 bits per heavy atom. The zero-order valence-corrected chi connectivity index (χ0v) is 12.3. The summed E-state index contributed by atoms with van der Waals surface area (Å²) in [4.78, 5) is 1.61. The van der Waals surface area contributed by atoms with E-state index in [1.807, 2.05) is 0 Å². The highest BCUT2D eigenvalue weighted by Crippen LogP contribution is 2.27. The molecule has 1 aromatic heterocycles. The van der Waals surface area contributed by atoms with Crippen LogP contribution in [0.5, 0.6) is 5.88 Å². The number of ether oxygens (including phenoxy) is 1. The van der Waals surface area contributed by atoms with Crippen LogP contribution >= 0.6 is 11.7 Å². The minimum atomic E-state index is -1.77. The van der Waals surface area contributed by atoms with Crippen LogP contribution in [0.2, 0.25) is 0 Å². The predicted molar refractivity (Wildman–Crippen MR) is 79.6 cm³/mol. The molecule has 106 valence electrons. The fraction of sp³-hybridized carbons (Fsp3) is 0.714. The molecule has 5 heteroatoms. The Labute approximate surface area is 125 Å². The van der Waals surface area contributed by atoms with Gasteiger partial charge >= 0.3 is 0 Å². The largest absolute Gasteiger partial charge is 0.475 e. The van der Waals surface area contributed by atoms with Crippen molar-refractivity contribution in [3.63, 3.8) is 0 Å². The van der Waals surface area contributed by atoms with Crippen LogP contribution in [-0.4, -0.2) is 40.3 Å². The van der Waals surface area contributed by atoms with Crippen molar-refractivity contribution in [3.05, 3.63) is 11.8 Å². The molecule has 0 saturated heterocycles. The smallest absolute Gasteiger partial charge is 0.253 e. The average molecular weight is 285 g/mol. The van der Waals surface area contributed by atoms with Crippen molar-refractivity contribution in [1.82, 2.24) is 13.6 Å². The van der Waals surface area contributed by atoms with E-state index in [1.165, 1.54) is 0 Å². The second kappa shape index (κ2) is 7.60. The molecule has 19 heavy (non-hydrogen) atoms. The van der Waals surface area contributed by atoms with Crippen LogP contribution in [0.1, 0.15) is 50.2 Å². The number of hydrogen-bond donors (Lipinski definition) is 0. The van der Waals surface area contributed by atoms with E-state index in [2.05, 4.69) is 15.7 Å². The second-order valence-electron chi connectivity index (χ2n) is 4.57. The first kappa shape index (κ1) is 9.88. The van der Waals surface area contributed by atoms with E-state index in [1.54, 1.807) is 18.0 Å². The lowest BCUT2D eigenvalue weighted by Gasteiger charge is -2.22. The van der Waals surface area contributed by atoms with E-state index < -0.39 is 13.1 Å². The summed E-state index contributed by atoms with van der Waals surface area (Å²) in [7, 11) is 1.72. The summed E-state index contributed by atoms with van der Waals surface area (Å²) in [6, 6.07) is 0. The molecule has 1 aliphatic heterocycles. The average Bonchev–Trinajstić information content (AvgIpc) is 2.89. The van der Waals surface area contributed by atoms with Gasteiger partial charge in [0.15, 0.2) is 0 Å². The van der Waals surface area contributed by atoms with Gasteiger partial charge in [0, 0.05) is 15.8 Å². The zero-order chi connectivity index (χ0) is 17.1. The first-order chi connectivity index (χ1) is 10.7. The van der Waals surface area contributed by atoms with Crippen LogP contribution in [0, 0.1) is 0 Å². The van der Waals surface area contributed by atoms with Crippen molar-refractivity contribution < 1.29 is 10.2 Å². The van der Waals surface area contributed by atoms with E-state index in [9.17, 15) is 0 Å². The number of nitrogens with zero attached hydrogens (tertiary/aromatic N) is 3. The van der Waals surface area contributed by atoms with Crippen LogP contribution in [0.3, 0.4) is 0 Å². The van der Waals surface area contributed by atoms with Gasteiger partial charge in [0.05, 0.1) is 21.0 Å². The minimum Gasteiger partial charge on any atom is -0.475 e. The van der Waals surface area contributed by atoms with Gasteiger partial charge in [0.25, 0.3) is 5.88 Å². The molecule has 0 unspecified atom stereocenters. The van der Waals surface area contributed by atoms with Gasteiger partial charge in [0.1, 0.15) is 5.69 Å². The Morgan fingerprint density at radius 3 is 3.16 bits per heavy atom. The molecule has 0 radical (unpaired) electrons. The molecule has 0 amide bonds. The maximum absolute atomic E-state index is 7.99. The van der Waals surface area contributed by atoms with Crippen molar-refractivity contribution >= 4 is 17.3 Å². The Bertz CT molecular complexity index is 562. The van der Waals surface area contributed by atoms with Gasteiger partial charge in [0.2, 0.25) is 0 Å². The molecule has 0 saturated carbocycles. The summed E-state index contributed by atoms with van der Waals surface area (Å²) >= 11 is 0.985.